The lowest BCUT2D eigenvalue weighted by Gasteiger charge is -2.07. The largest absolute Gasteiger partial charge is 0.489 e. The predicted molar refractivity (Wildman–Crippen MR) is 89.5 cm³/mol. The lowest BCUT2D eigenvalue weighted by atomic mass is 10.2. The van der Waals surface area contributed by atoms with E-state index in [2.05, 4.69) is 5.10 Å². The lowest BCUT2D eigenvalue weighted by Crippen LogP contribution is -2.01. The first-order valence-electron chi connectivity index (χ1n) is 7.15. The van der Waals surface area contributed by atoms with E-state index in [9.17, 15) is 4.79 Å². The summed E-state index contributed by atoms with van der Waals surface area (Å²) in [6, 6.07) is 14.5. The second-order valence-electron chi connectivity index (χ2n) is 5.12. The Kier molecular flexibility index (Phi) is 4.44. The Hall–Kier alpha value is -2.59. The van der Waals surface area contributed by atoms with Crippen molar-refractivity contribution in [3.05, 3.63) is 76.6 Å². The monoisotopic (exact) mass is 326 g/mol. The Morgan fingerprint density at radius 2 is 1.83 bits per heavy atom. The Labute approximate surface area is 139 Å². The molecule has 3 aromatic rings. The van der Waals surface area contributed by atoms with Crippen LogP contribution in [0.2, 0.25) is 5.02 Å². The van der Waals surface area contributed by atoms with Crippen LogP contribution < -0.4 is 4.74 Å². The molecule has 0 fully saturated rings. The number of aldehydes is 1. The first-order chi connectivity index (χ1) is 11.2. The van der Waals surface area contributed by atoms with E-state index in [1.165, 1.54) is 0 Å². The van der Waals surface area contributed by atoms with Crippen LogP contribution in [0.5, 0.6) is 5.75 Å². The van der Waals surface area contributed by atoms with Gasteiger partial charge in [-0.1, -0.05) is 11.6 Å². The van der Waals surface area contributed by atoms with Crippen molar-refractivity contribution in [2.75, 3.05) is 0 Å². The fraction of sp³-hybridized carbons (Fsp3) is 0.111. The number of nitrogens with zero attached hydrogens (tertiary/aromatic N) is 2. The maximum atomic E-state index is 10.6. The summed E-state index contributed by atoms with van der Waals surface area (Å²) < 4.78 is 7.60. The topological polar surface area (TPSA) is 44.1 Å². The summed E-state index contributed by atoms with van der Waals surface area (Å²) in [7, 11) is 0. The molecular weight excluding hydrogens is 312 g/mol. The van der Waals surface area contributed by atoms with Crippen molar-refractivity contribution >= 4 is 17.9 Å². The van der Waals surface area contributed by atoms with Crippen LogP contribution in [-0.4, -0.2) is 16.1 Å². The normalized spacial score (nSPS) is 10.5. The molecule has 0 radical (unpaired) electrons. The van der Waals surface area contributed by atoms with E-state index in [0.717, 1.165) is 23.2 Å². The van der Waals surface area contributed by atoms with Crippen LogP contribution in [0.1, 0.15) is 21.6 Å². The van der Waals surface area contributed by atoms with E-state index >= 15 is 0 Å². The molecule has 1 aromatic heterocycles. The van der Waals surface area contributed by atoms with Crippen LogP contribution in [-0.2, 0) is 6.61 Å². The molecule has 0 aliphatic heterocycles. The lowest BCUT2D eigenvalue weighted by molar-refractivity contribution is 0.112. The summed E-state index contributed by atoms with van der Waals surface area (Å²) in [5.41, 5.74) is 3.59. The van der Waals surface area contributed by atoms with Gasteiger partial charge in [-0.15, -0.1) is 0 Å². The van der Waals surface area contributed by atoms with Crippen molar-refractivity contribution in [2.45, 2.75) is 13.5 Å². The fourth-order valence-electron chi connectivity index (χ4n) is 2.23. The zero-order valence-electron chi connectivity index (χ0n) is 12.6. The molecule has 116 valence electrons. The van der Waals surface area contributed by atoms with Gasteiger partial charge in [-0.25, -0.2) is 4.68 Å². The van der Waals surface area contributed by atoms with E-state index in [0.29, 0.717) is 22.9 Å². The number of benzene rings is 2. The van der Waals surface area contributed by atoms with Gasteiger partial charge >= 0.3 is 0 Å². The van der Waals surface area contributed by atoms with Crippen molar-refractivity contribution in [2.24, 2.45) is 0 Å². The molecule has 23 heavy (non-hydrogen) atoms. The third kappa shape index (κ3) is 3.43. The number of ether oxygens (including phenoxy) is 1. The molecule has 0 saturated carbocycles. The molecule has 5 heteroatoms. The van der Waals surface area contributed by atoms with E-state index in [1.54, 1.807) is 30.5 Å². The van der Waals surface area contributed by atoms with Crippen molar-refractivity contribution in [3.63, 3.8) is 0 Å². The van der Waals surface area contributed by atoms with Crippen molar-refractivity contribution in [1.82, 2.24) is 9.78 Å². The Morgan fingerprint density at radius 3 is 2.48 bits per heavy atom. The maximum Gasteiger partial charge on any atom is 0.150 e. The molecular formula is C18H15ClN2O2. The van der Waals surface area contributed by atoms with Gasteiger partial charge in [0.2, 0.25) is 0 Å². The van der Waals surface area contributed by atoms with Crippen LogP contribution in [0.4, 0.5) is 0 Å². The van der Waals surface area contributed by atoms with E-state index in [1.807, 2.05) is 35.9 Å². The van der Waals surface area contributed by atoms with Gasteiger partial charge in [0.1, 0.15) is 18.6 Å². The summed E-state index contributed by atoms with van der Waals surface area (Å²) in [6.45, 7) is 2.41. The summed E-state index contributed by atoms with van der Waals surface area (Å²) in [6.07, 6.45) is 2.60. The van der Waals surface area contributed by atoms with Crippen molar-refractivity contribution in [3.8, 4) is 11.4 Å². The second-order valence-corrected chi connectivity index (χ2v) is 5.56. The molecule has 0 bridgehead atoms. The van der Waals surface area contributed by atoms with E-state index in [-0.39, 0.29) is 0 Å². The highest BCUT2D eigenvalue weighted by Crippen LogP contribution is 2.19. The minimum Gasteiger partial charge on any atom is -0.489 e. The van der Waals surface area contributed by atoms with Crippen LogP contribution in [0, 0.1) is 6.92 Å². The zero-order chi connectivity index (χ0) is 16.2. The Balaban J connectivity index is 1.73. The minimum absolute atomic E-state index is 0.417. The van der Waals surface area contributed by atoms with Gasteiger partial charge in [-0.05, 0) is 55.5 Å². The van der Waals surface area contributed by atoms with Crippen LogP contribution in [0.15, 0.2) is 54.7 Å². The van der Waals surface area contributed by atoms with E-state index < -0.39 is 0 Å². The third-order valence-electron chi connectivity index (χ3n) is 3.59. The number of hydrogen-bond donors (Lipinski definition) is 0. The first kappa shape index (κ1) is 15.3. The van der Waals surface area contributed by atoms with Gasteiger partial charge in [-0.3, -0.25) is 4.79 Å². The second kappa shape index (κ2) is 6.67. The van der Waals surface area contributed by atoms with Crippen LogP contribution in [0.3, 0.4) is 0 Å². The van der Waals surface area contributed by atoms with Gasteiger partial charge in [0.15, 0.2) is 0 Å². The van der Waals surface area contributed by atoms with Crippen molar-refractivity contribution in [1.29, 1.82) is 0 Å². The third-order valence-corrected chi connectivity index (χ3v) is 3.85. The molecule has 2 aromatic carbocycles. The van der Waals surface area contributed by atoms with Gasteiger partial charge in [0, 0.05) is 21.8 Å². The highest BCUT2D eigenvalue weighted by Gasteiger charge is 2.09. The molecule has 0 saturated heterocycles. The molecule has 0 atom stereocenters. The van der Waals surface area contributed by atoms with Gasteiger partial charge < -0.3 is 4.74 Å². The Bertz CT molecular complexity index is 808. The summed E-state index contributed by atoms with van der Waals surface area (Å²) in [5, 5.41) is 5.10. The molecule has 0 N–H and O–H groups in total. The number of halogens is 1. The predicted octanol–water partition coefficient (Wildman–Crippen LogP) is 4.23. The number of carbonyl (C=O) groups is 1. The Morgan fingerprint density at radius 1 is 1.13 bits per heavy atom. The molecule has 3 rings (SSSR count). The maximum absolute atomic E-state index is 10.6. The fourth-order valence-corrected chi connectivity index (χ4v) is 2.36. The quantitative estimate of drug-likeness (QED) is 0.659. The number of rotatable bonds is 5. The number of aromatic nitrogens is 2. The van der Waals surface area contributed by atoms with Crippen molar-refractivity contribution < 1.29 is 9.53 Å². The molecule has 0 spiro atoms. The average Bonchev–Trinajstić information content (AvgIpc) is 2.95. The molecule has 1 heterocycles. The standard InChI is InChI=1S/C18H15ClN2O2/c1-13-15(12-23-18-8-2-14(11-22)3-9-18)10-20-21(13)17-6-4-16(19)5-7-17/h2-11H,12H2,1H3. The van der Waals surface area contributed by atoms with E-state index in [4.69, 9.17) is 16.3 Å². The average molecular weight is 327 g/mol. The summed E-state index contributed by atoms with van der Waals surface area (Å²) in [4.78, 5) is 10.6. The SMILES string of the molecule is Cc1c(COc2ccc(C=O)cc2)cnn1-c1ccc(Cl)cc1. The molecule has 0 aliphatic rings. The van der Waals surface area contributed by atoms with Crippen LogP contribution >= 0.6 is 11.6 Å². The molecule has 0 amide bonds. The molecule has 0 aliphatic carbocycles. The van der Waals surface area contributed by atoms with Crippen LogP contribution in [0.25, 0.3) is 5.69 Å². The highest BCUT2D eigenvalue weighted by atomic mass is 35.5. The van der Waals surface area contributed by atoms with Gasteiger partial charge in [0.25, 0.3) is 0 Å². The first-order valence-corrected chi connectivity index (χ1v) is 7.52. The highest BCUT2D eigenvalue weighted by molar-refractivity contribution is 6.30. The number of hydrogen-bond acceptors (Lipinski definition) is 3. The summed E-state index contributed by atoms with van der Waals surface area (Å²) >= 11 is 5.91. The minimum atomic E-state index is 0.417. The van der Waals surface area contributed by atoms with Gasteiger partial charge in [-0.2, -0.15) is 5.10 Å². The number of carbonyl (C=O) groups excluding carboxylic acids is 1. The molecule has 4 nitrogen and oxygen atoms in total. The zero-order valence-corrected chi connectivity index (χ0v) is 13.3. The summed E-state index contributed by atoms with van der Waals surface area (Å²) in [5.74, 6) is 0.717. The van der Waals surface area contributed by atoms with Gasteiger partial charge in [0.05, 0.1) is 11.9 Å². The smallest absolute Gasteiger partial charge is 0.150 e. The molecule has 0 unspecified atom stereocenters.